The van der Waals surface area contributed by atoms with Crippen LogP contribution in [0.25, 0.3) is 10.2 Å². The first kappa shape index (κ1) is 27.2. The third-order valence-electron chi connectivity index (χ3n) is 6.06. The van der Waals surface area contributed by atoms with E-state index in [4.69, 9.17) is 4.74 Å². The smallest absolute Gasteiger partial charge is 0.341 e. The Morgan fingerprint density at radius 3 is 2.65 bits per heavy atom. The van der Waals surface area contributed by atoms with Gasteiger partial charge in [-0.15, -0.1) is 11.3 Å². The van der Waals surface area contributed by atoms with Gasteiger partial charge in [-0.3, -0.25) is 9.59 Å². The largest absolute Gasteiger partial charge is 0.462 e. The third-order valence-corrected chi connectivity index (χ3v) is 9.68. The summed E-state index contributed by atoms with van der Waals surface area (Å²) in [6.45, 7) is 6.49. The highest BCUT2D eigenvalue weighted by Gasteiger charge is 2.30. The van der Waals surface area contributed by atoms with Crippen molar-refractivity contribution in [2.75, 3.05) is 23.4 Å². The number of rotatable bonds is 8. The van der Waals surface area contributed by atoms with Gasteiger partial charge in [0.05, 0.1) is 22.4 Å². The van der Waals surface area contributed by atoms with E-state index < -0.39 is 39.1 Å². The van der Waals surface area contributed by atoms with Gasteiger partial charge in [0, 0.05) is 11.4 Å². The Kier molecular flexibility index (Phi) is 8.29. The predicted molar refractivity (Wildman–Crippen MR) is 145 cm³/mol. The van der Waals surface area contributed by atoms with Crippen molar-refractivity contribution in [3.63, 3.8) is 0 Å². The van der Waals surface area contributed by atoms with Gasteiger partial charge in [0.2, 0.25) is 5.91 Å². The zero-order chi connectivity index (χ0) is 26.7. The van der Waals surface area contributed by atoms with Crippen LogP contribution in [0.1, 0.15) is 48.0 Å². The Balaban J connectivity index is 1.50. The molecule has 4 rings (SSSR count). The summed E-state index contributed by atoms with van der Waals surface area (Å²) in [6, 6.07) is 7.58. The van der Waals surface area contributed by atoms with Gasteiger partial charge in [0.1, 0.15) is 16.5 Å². The fourth-order valence-corrected chi connectivity index (χ4v) is 7.95. The van der Waals surface area contributed by atoms with Crippen LogP contribution in [0.15, 0.2) is 29.3 Å². The number of aromatic nitrogens is 1. The number of hydrogen-bond acceptors (Lipinski definition) is 8. The molecule has 198 valence electrons. The number of para-hydroxylation sites is 1. The van der Waals surface area contributed by atoms with E-state index in [0.29, 0.717) is 34.2 Å². The topological polar surface area (TPSA) is 124 Å². The van der Waals surface area contributed by atoms with Gasteiger partial charge < -0.3 is 14.6 Å². The molecular formula is C25H29N3O6S3. The van der Waals surface area contributed by atoms with Crippen molar-refractivity contribution in [1.82, 2.24) is 4.57 Å². The molecular weight excluding hydrogens is 534 g/mol. The number of aryl methyl sites for hydroxylation is 1. The number of nitrogens with one attached hydrogen (secondary N) is 1. The third kappa shape index (κ3) is 6.19. The van der Waals surface area contributed by atoms with E-state index in [1.807, 2.05) is 35.8 Å². The lowest BCUT2D eigenvalue weighted by atomic mass is 9.88. The second kappa shape index (κ2) is 11.3. The first-order valence-electron chi connectivity index (χ1n) is 12.1. The Hall–Kier alpha value is -2.83. The van der Waals surface area contributed by atoms with Gasteiger partial charge in [-0.1, -0.05) is 30.4 Å². The minimum atomic E-state index is -4.10. The van der Waals surface area contributed by atoms with Crippen molar-refractivity contribution in [2.24, 2.45) is 10.9 Å². The molecule has 0 aliphatic heterocycles. The molecule has 2 aromatic heterocycles. The maximum absolute atomic E-state index is 12.7. The molecule has 1 N–H and O–H groups in total. The average molecular weight is 564 g/mol. The van der Waals surface area contributed by atoms with Gasteiger partial charge >= 0.3 is 5.97 Å². The SMILES string of the molecule is CCOC(=O)c1c(NC(=O)CS(=O)(=O)CC(=O)N=c2sc3ccccc3n2CC)sc2c1CCC(C)C2. The number of benzene rings is 1. The van der Waals surface area contributed by atoms with Crippen LogP contribution < -0.4 is 10.1 Å². The van der Waals surface area contributed by atoms with Crippen molar-refractivity contribution < 1.29 is 27.5 Å². The lowest BCUT2D eigenvalue weighted by molar-refractivity contribution is -0.115. The molecule has 2 heterocycles. The number of fused-ring (bicyclic) bond motifs is 2. The van der Waals surface area contributed by atoms with Crippen LogP contribution in [0.2, 0.25) is 0 Å². The molecule has 2 amide bonds. The quantitative estimate of drug-likeness (QED) is 0.418. The van der Waals surface area contributed by atoms with Gasteiger partial charge in [-0.05, 0) is 56.7 Å². The number of esters is 1. The zero-order valence-corrected chi connectivity index (χ0v) is 23.4. The molecule has 0 saturated heterocycles. The number of hydrogen-bond donors (Lipinski definition) is 1. The summed E-state index contributed by atoms with van der Waals surface area (Å²) in [7, 11) is -4.10. The molecule has 0 radical (unpaired) electrons. The standard InChI is InChI=1S/C25H29N3O6S3/c1-4-28-17-8-6-7-9-18(17)36-25(28)27-21(30)14-37(32,33)13-20(29)26-23-22(24(31)34-5-2)16-11-10-15(3)12-19(16)35-23/h6-9,15H,4-5,10-14H2,1-3H3,(H,26,29). The molecule has 1 aromatic carbocycles. The molecule has 37 heavy (non-hydrogen) atoms. The number of nitrogens with zero attached hydrogens (tertiary/aromatic N) is 2. The highest BCUT2D eigenvalue weighted by Crippen LogP contribution is 2.40. The molecule has 1 atom stereocenters. The van der Waals surface area contributed by atoms with Gasteiger partial charge in [0.15, 0.2) is 14.6 Å². The van der Waals surface area contributed by atoms with Crippen LogP contribution in [0.4, 0.5) is 5.00 Å². The van der Waals surface area contributed by atoms with E-state index in [2.05, 4.69) is 17.2 Å². The Bertz CT molecular complexity index is 1530. The second-order valence-corrected chi connectivity index (χ2v) is 13.1. The summed E-state index contributed by atoms with van der Waals surface area (Å²) in [5, 5.41) is 2.89. The van der Waals surface area contributed by atoms with Crippen molar-refractivity contribution in [1.29, 1.82) is 0 Å². The minimum absolute atomic E-state index is 0.186. The van der Waals surface area contributed by atoms with Crippen LogP contribution in [0, 0.1) is 5.92 Å². The maximum atomic E-state index is 12.7. The van der Waals surface area contributed by atoms with Gasteiger partial charge in [0.25, 0.3) is 5.91 Å². The van der Waals surface area contributed by atoms with Crippen molar-refractivity contribution in [3.8, 4) is 0 Å². The number of carbonyl (C=O) groups is 3. The van der Waals surface area contributed by atoms with Gasteiger partial charge in [-0.2, -0.15) is 4.99 Å². The average Bonchev–Trinajstić information content (AvgIpc) is 3.34. The van der Waals surface area contributed by atoms with E-state index in [9.17, 15) is 22.8 Å². The number of amides is 2. The van der Waals surface area contributed by atoms with E-state index in [1.165, 1.54) is 22.7 Å². The first-order chi connectivity index (χ1) is 17.6. The normalized spacial score (nSPS) is 16.0. The summed E-state index contributed by atoms with van der Waals surface area (Å²) in [5.74, 6) is -3.51. The number of ether oxygens (including phenoxy) is 1. The predicted octanol–water partition coefficient (Wildman–Crippen LogP) is 3.57. The molecule has 1 unspecified atom stereocenters. The van der Waals surface area contributed by atoms with E-state index in [1.54, 1.807) is 6.92 Å². The molecule has 0 fully saturated rings. The number of carbonyl (C=O) groups excluding carboxylic acids is 3. The Morgan fingerprint density at radius 2 is 1.92 bits per heavy atom. The second-order valence-electron chi connectivity index (χ2n) is 8.96. The zero-order valence-electron chi connectivity index (χ0n) is 20.9. The molecule has 1 aliphatic rings. The maximum Gasteiger partial charge on any atom is 0.341 e. The van der Waals surface area contributed by atoms with E-state index in [-0.39, 0.29) is 6.61 Å². The Labute approximate surface area is 223 Å². The monoisotopic (exact) mass is 563 g/mol. The van der Waals surface area contributed by atoms with Crippen molar-refractivity contribution >= 4 is 65.5 Å². The molecule has 0 bridgehead atoms. The number of thiophene rings is 1. The highest BCUT2D eigenvalue weighted by atomic mass is 32.2. The lowest BCUT2D eigenvalue weighted by Gasteiger charge is -2.18. The van der Waals surface area contributed by atoms with Crippen LogP contribution in [-0.2, 0) is 43.5 Å². The first-order valence-corrected chi connectivity index (χ1v) is 15.5. The number of sulfone groups is 1. The molecule has 12 heteroatoms. The lowest BCUT2D eigenvalue weighted by Crippen LogP contribution is -2.28. The van der Waals surface area contributed by atoms with Crippen LogP contribution in [-0.4, -0.2) is 48.9 Å². The van der Waals surface area contributed by atoms with E-state index in [0.717, 1.165) is 33.5 Å². The van der Waals surface area contributed by atoms with Crippen molar-refractivity contribution in [2.45, 2.75) is 46.6 Å². The summed E-state index contributed by atoms with van der Waals surface area (Å²) < 4.78 is 33.3. The van der Waals surface area contributed by atoms with E-state index >= 15 is 0 Å². The molecule has 1 aliphatic carbocycles. The molecule has 0 spiro atoms. The van der Waals surface area contributed by atoms with Crippen LogP contribution >= 0.6 is 22.7 Å². The van der Waals surface area contributed by atoms with Crippen LogP contribution in [0.3, 0.4) is 0 Å². The summed E-state index contributed by atoms with van der Waals surface area (Å²) in [5.41, 5.74) is 2.08. The van der Waals surface area contributed by atoms with Crippen molar-refractivity contribution in [3.05, 3.63) is 45.1 Å². The summed E-state index contributed by atoms with van der Waals surface area (Å²) in [4.78, 5) is 43.3. The number of anilines is 1. The molecule has 3 aromatic rings. The van der Waals surface area contributed by atoms with Crippen LogP contribution in [0.5, 0.6) is 0 Å². The minimum Gasteiger partial charge on any atom is -0.462 e. The highest BCUT2D eigenvalue weighted by molar-refractivity contribution is 7.92. The summed E-state index contributed by atoms with van der Waals surface area (Å²) in [6.07, 6.45) is 2.40. The molecule has 0 saturated carbocycles. The van der Waals surface area contributed by atoms with Gasteiger partial charge in [-0.25, -0.2) is 13.2 Å². The summed E-state index contributed by atoms with van der Waals surface area (Å²) >= 11 is 2.58. The number of thiazole rings is 1. The fraction of sp³-hybridized carbons (Fsp3) is 0.440. The molecule has 9 nitrogen and oxygen atoms in total. The fourth-order valence-electron chi connectivity index (χ4n) is 4.41. The Morgan fingerprint density at radius 1 is 1.16 bits per heavy atom.